The average molecular weight is 461 g/mol. The van der Waals surface area contributed by atoms with Crippen LogP contribution in [0.4, 0.5) is 0 Å². The summed E-state index contributed by atoms with van der Waals surface area (Å²) in [6, 6.07) is 7.86. The maximum Gasteiger partial charge on any atom is 0.331 e. The van der Waals surface area contributed by atoms with E-state index >= 15 is 0 Å². The molecule has 3 N–H and O–H groups in total. The molecule has 0 aromatic heterocycles. The molecular weight excluding hydrogens is 420 g/mol. The number of carbonyl (C=O) groups excluding carboxylic acids is 2. The number of aliphatic hydroxyl groups excluding tert-OH is 1. The number of benzene rings is 1. The average Bonchev–Trinajstić information content (AvgIpc) is 2.73. The van der Waals surface area contributed by atoms with Crippen LogP contribution in [0, 0.1) is 11.3 Å². The van der Waals surface area contributed by atoms with Crippen LogP contribution in [0.5, 0.6) is 0 Å². The second-order valence-electron chi connectivity index (χ2n) is 10.6. The van der Waals surface area contributed by atoms with Crippen LogP contribution < -0.4 is 5.32 Å². The molecule has 0 unspecified atom stereocenters. The Morgan fingerprint density at radius 2 is 1.55 bits per heavy atom. The first-order valence-corrected chi connectivity index (χ1v) is 11.2. The van der Waals surface area contributed by atoms with Gasteiger partial charge in [-0.15, -0.1) is 0 Å². The van der Waals surface area contributed by atoms with Crippen molar-refractivity contribution in [2.24, 2.45) is 11.3 Å². The minimum atomic E-state index is -1.38. The van der Waals surface area contributed by atoms with E-state index in [9.17, 15) is 24.6 Å². The molecular formula is C26H40N2O5. The predicted molar refractivity (Wildman–Crippen MR) is 130 cm³/mol. The number of likely N-dealkylation sites (N-methyl/N-ethyl adjacent to an activating group) is 1. The standard InChI is InChI=1S/C26H40N2O5/c1-16(2)19(15-17(3)24(32)33)28(9)23(31)20(25(4,5)6)27-22(30)21(29)26(7,8)18-13-11-10-12-14-18/h10-16,19-21,29H,1-9H3,(H,27,30)(H,32,33)/b17-15+/t19-,20-,21-/m1/s1. The zero-order chi connectivity index (χ0) is 25.7. The van der Waals surface area contributed by atoms with Gasteiger partial charge in [-0.05, 0) is 23.8 Å². The first-order valence-electron chi connectivity index (χ1n) is 11.2. The summed E-state index contributed by atoms with van der Waals surface area (Å²) < 4.78 is 0. The van der Waals surface area contributed by atoms with E-state index < -0.39 is 40.9 Å². The highest BCUT2D eigenvalue weighted by molar-refractivity contribution is 5.91. The first-order chi connectivity index (χ1) is 15.0. The molecule has 0 radical (unpaired) electrons. The largest absolute Gasteiger partial charge is 0.478 e. The van der Waals surface area contributed by atoms with Gasteiger partial charge in [0.05, 0.1) is 6.04 Å². The fourth-order valence-corrected chi connectivity index (χ4v) is 3.65. The summed E-state index contributed by atoms with van der Waals surface area (Å²) in [6.07, 6.45) is 0.178. The van der Waals surface area contributed by atoms with Gasteiger partial charge in [0.1, 0.15) is 12.1 Å². The second-order valence-corrected chi connectivity index (χ2v) is 10.6. The molecule has 0 fully saturated rings. The number of aliphatic hydroxyl groups is 1. The quantitative estimate of drug-likeness (QED) is 0.490. The maximum atomic E-state index is 13.5. The molecule has 0 saturated heterocycles. The van der Waals surface area contributed by atoms with Gasteiger partial charge < -0.3 is 20.4 Å². The van der Waals surface area contributed by atoms with Crippen LogP contribution in [-0.4, -0.2) is 58.1 Å². The highest BCUT2D eigenvalue weighted by Crippen LogP contribution is 2.29. The van der Waals surface area contributed by atoms with Gasteiger partial charge in [0.2, 0.25) is 11.8 Å². The van der Waals surface area contributed by atoms with Crippen LogP contribution in [0.3, 0.4) is 0 Å². The van der Waals surface area contributed by atoms with Crippen molar-refractivity contribution in [3.63, 3.8) is 0 Å². The highest BCUT2D eigenvalue weighted by atomic mass is 16.4. The molecule has 0 aliphatic heterocycles. The molecule has 0 bridgehead atoms. The third-order valence-corrected chi connectivity index (χ3v) is 6.09. The molecule has 0 aliphatic carbocycles. The van der Waals surface area contributed by atoms with Gasteiger partial charge in [-0.1, -0.05) is 84.9 Å². The van der Waals surface area contributed by atoms with E-state index in [1.165, 1.54) is 11.8 Å². The fourth-order valence-electron chi connectivity index (χ4n) is 3.65. The summed E-state index contributed by atoms with van der Waals surface area (Å²) in [5, 5.41) is 22.9. The predicted octanol–water partition coefficient (Wildman–Crippen LogP) is 3.37. The van der Waals surface area contributed by atoms with Crippen molar-refractivity contribution in [2.45, 2.75) is 79.0 Å². The minimum absolute atomic E-state index is 0.0489. The molecule has 184 valence electrons. The third kappa shape index (κ3) is 7.16. The summed E-state index contributed by atoms with van der Waals surface area (Å²) >= 11 is 0. The van der Waals surface area contributed by atoms with E-state index in [2.05, 4.69) is 5.32 Å². The lowest BCUT2D eigenvalue weighted by atomic mass is 9.78. The van der Waals surface area contributed by atoms with E-state index in [1.54, 1.807) is 27.0 Å². The SMILES string of the molecule is C/C(=C\[C@H](C(C)C)N(C)C(=O)[C@@H](NC(=O)[C@@H](O)C(C)(C)c1ccccc1)C(C)(C)C)C(=O)O. The van der Waals surface area contributed by atoms with Crippen molar-refractivity contribution in [1.82, 2.24) is 10.2 Å². The molecule has 0 spiro atoms. The van der Waals surface area contributed by atoms with E-state index in [4.69, 9.17) is 0 Å². The van der Waals surface area contributed by atoms with Gasteiger partial charge >= 0.3 is 5.97 Å². The summed E-state index contributed by atoms with van der Waals surface area (Å²) in [4.78, 5) is 39.4. The second kappa shape index (κ2) is 11.0. The van der Waals surface area contributed by atoms with Crippen LogP contribution in [0.15, 0.2) is 42.0 Å². The molecule has 3 atom stereocenters. The third-order valence-electron chi connectivity index (χ3n) is 6.09. The highest BCUT2D eigenvalue weighted by Gasteiger charge is 2.41. The van der Waals surface area contributed by atoms with Crippen LogP contribution in [0.1, 0.15) is 61.0 Å². The molecule has 1 aromatic rings. The molecule has 0 aliphatic rings. The maximum absolute atomic E-state index is 13.5. The summed E-state index contributed by atoms with van der Waals surface area (Å²) in [6.45, 7) is 14.3. The van der Waals surface area contributed by atoms with Crippen LogP contribution >= 0.6 is 0 Å². The van der Waals surface area contributed by atoms with Gasteiger partial charge in [0.15, 0.2) is 0 Å². The van der Waals surface area contributed by atoms with Crippen molar-refractivity contribution in [3.8, 4) is 0 Å². The number of carbonyl (C=O) groups is 3. The van der Waals surface area contributed by atoms with E-state index in [1.807, 2.05) is 65.0 Å². The van der Waals surface area contributed by atoms with Gasteiger partial charge in [0, 0.05) is 18.0 Å². The van der Waals surface area contributed by atoms with Crippen molar-refractivity contribution in [1.29, 1.82) is 0 Å². The lowest BCUT2D eigenvalue weighted by Gasteiger charge is -2.39. The van der Waals surface area contributed by atoms with Crippen LogP contribution in [0.25, 0.3) is 0 Å². The molecule has 33 heavy (non-hydrogen) atoms. The molecule has 0 heterocycles. The summed E-state index contributed by atoms with van der Waals surface area (Å²) in [5.41, 5.74) is -0.572. The van der Waals surface area contributed by atoms with Gasteiger partial charge in [-0.2, -0.15) is 0 Å². The number of rotatable bonds is 9. The van der Waals surface area contributed by atoms with Crippen molar-refractivity contribution >= 4 is 17.8 Å². The lowest BCUT2D eigenvalue weighted by Crippen LogP contribution is -2.59. The normalized spacial score (nSPS) is 15.5. The van der Waals surface area contributed by atoms with Crippen molar-refractivity contribution in [2.75, 3.05) is 7.05 Å². The molecule has 7 heteroatoms. The van der Waals surface area contributed by atoms with Gasteiger partial charge in [-0.25, -0.2) is 4.79 Å². The smallest absolute Gasteiger partial charge is 0.331 e. The van der Waals surface area contributed by atoms with Gasteiger partial charge in [-0.3, -0.25) is 9.59 Å². The Labute approximate surface area is 197 Å². The molecule has 1 rings (SSSR count). The summed E-state index contributed by atoms with van der Waals surface area (Å²) in [5.74, 6) is -2.08. The number of carboxylic acid groups (broad SMARTS) is 1. The Bertz CT molecular complexity index is 868. The van der Waals surface area contributed by atoms with E-state index in [-0.39, 0.29) is 17.4 Å². The number of nitrogens with zero attached hydrogens (tertiary/aromatic N) is 1. The Morgan fingerprint density at radius 3 is 1.97 bits per heavy atom. The lowest BCUT2D eigenvalue weighted by molar-refractivity contribution is -0.143. The monoisotopic (exact) mass is 460 g/mol. The number of aliphatic carboxylic acids is 1. The number of amides is 2. The van der Waals surface area contributed by atoms with Crippen molar-refractivity contribution in [3.05, 3.63) is 47.5 Å². The molecule has 1 aromatic carbocycles. The fraction of sp³-hybridized carbons (Fsp3) is 0.577. The molecule has 2 amide bonds. The van der Waals surface area contributed by atoms with E-state index in [0.29, 0.717) is 0 Å². The summed E-state index contributed by atoms with van der Waals surface area (Å²) in [7, 11) is 1.61. The zero-order valence-corrected chi connectivity index (χ0v) is 21.3. The van der Waals surface area contributed by atoms with Crippen molar-refractivity contribution < 1.29 is 24.6 Å². The Balaban J connectivity index is 3.22. The van der Waals surface area contributed by atoms with Crippen LogP contribution in [-0.2, 0) is 19.8 Å². The van der Waals surface area contributed by atoms with Crippen LogP contribution in [0.2, 0.25) is 0 Å². The topological polar surface area (TPSA) is 107 Å². The Kier molecular flexibility index (Phi) is 9.43. The Hall–Kier alpha value is -2.67. The number of hydrogen-bond acceptors (Lipinski definition) is 4. The number of nitrogens with one attached hydrogen (secondary N) is 1. The number of hydrogen-bond donors (Lipinski definition) is 3. The molecule has 0 saturated carbocycles. The number of carboxylic acids is 1. The first kappa shape index (κ1) is 28.4. The Morgan fingerprint density at radius 1 is 1.03 bits per heavy atom. The van der Waals surface area contributed by atoms with Gasteiger partial charge in [0.25, 0.3) is 0 Å². The zero-order valence-electron chi connectivity index (χ0n) is 21.3. The minimum Gasteiger partial charge on any atom is -0.478 e. The van der Waals surface area contributed by atoms with E-state index in [0.717, 1.165) is 5.56 Å². The molecule has 7 nitrogen and oxygen atoms in total.